The van der Waals surface area contributed by atoms with Gasteiger partial charge in [-0.25, -0.2) is 5.43 Å². The Morgan fingerprint density at radius 2 is 1.85 bits per heavy atom. The Bertz CT molecular complexity index is 1310. The molecule has 1 aromatic heterocycles. The average Bonchev–Trinajstić information content (AvgIpc) is 3.28. The van der Waals surface area contributed by atoms with E-state index in [2.05, 4.69) is 20.7 Å². The summed E-state index contributed by atoms with van der Waals surface area (Å²) in [7, 11) is 1.61. The van der Waals surface area contributed by atoms with Gasteiger partial charge < -0.3 is 14.9 Å². The monoisotopic (exact) mass is 475 g/mol. The van der Waals surface area contributed by atoms with Crippen molar-refractivity contribution >= 4 is 23.9 Å². The molecule has 0 atom stereocenters. The van der Waals surface area contributed by atoms with Crippen molar-refractivity contribution in [1.82, 2.24) is 20.2 Å². The van der Waals surface area contributed by atoms with Gasteiger partial charge in [-0.05, 0) is 36.4 Å². The van der Waals surface area contributed by atoms with Crippen LogP contribution in [0.15, 0.2) is 83.1 Å². The lowest BCUT2D eigenvalue weighted by atomic mass is 10.2. The number of benzene rings is 3. The van der Waals surface area contributed by atoms with Gasteiger partial charge in [0.2, 0.25) is 0 Å². The molecule has 0 spiro atoms. The van der Waals surface area contributed by atoms with Crippen molar-refractivity contribution in [2.45, 2.75) is 5.16 Å². The lowest BCUT2D eigenvalue weighted by molar-refractivity contribution is -0.118. The minimum Gasteiger partial charge on any atom is -0.508 e. The van der Waals surface area contributed by atoms with Crippen LogP contribution in [0, 0.1) is 0 Å². The van der Waals surface area contributed by atoms with E-state index in [1.54, 1.807) is 7.11 Å². The van der Waals surface area contributed by atoms with E-state index in [0.29, 0.717) is 16.5 Å². The Morgan fingerprint density at radius 3 is 2.56 bits per heavy atom. The molecule has 3 N–H and O–H groups in total. The zero-order valence-electron chi connectivity index (χ0n) is 18.1. The highest BCUT2D eigenvalue weighted by molar-refractivity contribution is 7.99. The lowest BCUT2D eigenvalue weighted by Crippen LogP contribution is -2.20. The number of amides is 1. The van der Waals surface area contributed by atoms with Gasteiger partial charge in [0.05, 0.1) is 19.1 Å². The number of phenols is 2. The Hall–Kier alpha value is -4.31. The molecule has 0 radical (unpaired) electrons. The number of nitrogens with zero attached hydrogens (tertiary/aromatic N) is 4. The molecule has 0 unspecified atom stereocenters. The van der Waals surface area contributed by atoms with Crippen LogP contribution in [0.1, 0.15) is 5.56 Å². The van der Waals surface area contributed by atoms with Crippen molar-refractivity contribution in [3.8, 4) is 34.3 Å². The molecule has 10 heteroatoms. The number of rotatable bonds is 8. The Balaban J connectivity index is 1.50. The number of carbonyl (C=O) groups is 1. The van der Waals surface area contributed by atoms with E-state index in [-0.39, 0.29) is 23.2 Å². The molecule has 9 nitrogen and oxygen atoms in total. The maximum absolute atomic E-state index is 12.3. The van der Waals surface area contributed by atoms with E-state index < -0.39 is 0 Å². The molecule has 0 saturated heterocycles. The highest BCUT2D eigenvalue weighted by atomic mass is 32.2. The lowest BCUT2D eigenvalue weighted by Gasteiger charge is -2.11. The molecule has 4 aromatic rings. The molecule has 172 valence electrons. The van der Waals surface area contributed by atoms with Crippen molar-refractivity contribution in [2.75, 3.05) is 12.9 Å². The fourth-order valence-electron chi connectivity index (χ4n) is 3.08. The maximum atomic E-state index is 12.3. The number of carbonyl (C=O) groups excluding carboxylic acids is 1. The van der Waals surface area contributed by atoms with Crippen molar-refractivity contribution in [1.29, 1.82) is 0 Å². The van der Waals surface area contributed by atoms with Crippen molar-refractivity contribution < 1.29 is 19.7 Å². The van der Waals surface area contributed by atoms with E-state index in [0.717, 1.165) is 17.0 Å². The summed E-state index contributed by atoms with van der Waals surface area (Å²) in [6.07, 6.45) is 1.30. The first-order chi connectivity index (χ1) is 16.5. The number of hydrogen-bond donors (Lipinski definition) is 3. The van der Waals surface area contributed by atoms with E-state index in [4.69, 9.17) is 4.74 Å². The minimum absolute atomic E-state index is 0.0436. The molecular formula is C24H21N5O4S. The van der Waals surface area contributed by atoms with E-state index in [1.165, 1.54) is 36.2 Å². The summed E-state index contributed by atoms with van der Waals surface area (Å²) < 4.78 is 7.13. The first-order valence-corrected chi connectivity index (χ1v) is 11.2. The second-order valence-electron chi connectivity index (χ2n) is 7.03. The van der Waals surface area contributed by atoms with Gasteiger partial charge in [0, 0.05) is 22.9 Å². The topological polar surface area (TPSA) is 122 Å². The van der Waals surface area contributed by atoms with Gasteiger partial charge in [-0.2, -0.15) is 5.10 Å². The van der Waals surface area contributed by atoms with E-state index in [1.807, 2.05) is 59.2 Å². The number of hydrogen-bond acceptors (Lipinski definition) is 8. The molecule has 34 heavy (non-hydrogen) atoms. The predicted molar refractivity (Wildman–Crippen MR) is 130 cm³/mol. The standard InChI is InChI=1S/C24H21N5O4S/c1-33-20-11-8-18(9-12-20)29-23(16-5-3-2-4-6-16)27-28-24(29)34-15-22(32)26-25-14-17-7-10-19(30)13-21(17)31/h2-14,30-31H,15H2,1H3,(H,26,32)/b25-14-. The maximum Gasteiger partial charge on any atom is 0.250 e. The van der Waals surface area contributed by atoms with Crippen LogP contribution in [0.5, 0.6) is 17.2 Å². The number of aromatic hydroxyl groups is 2. The summed E-state index contributed by atoms with van der Waals surface area (Å²) in [5.74, 6) is 0.852. The van der Waals surface area contributed by atoms with Crippen molar-refractivity contribution in [3.05, 3.63) is 78.4 Å². The van der Waals surface area contributed by atoms with Crippen LogP contribution in [-0.4, -0.2) is 50.0 Å². The largest absolute Gasteiger partial charge is 0.508 e. The fourth-order valence-corrected chi connectivity index (χ4v) is 3.82. The number of methoxy groups -OCH3 is 1. The molecule has 3 aromatic carbocycles. The molecule has 0 fully saturated rings. The third-order valence-electron chi connectivity index (χ3n) is 4.74. The summed E-state index contributed by atoms with van der Waals surface area (Å²) >= 11 is 1.22. The van der Waals surface area contributed by atoms with Crippen molar-refractivity contribution in [2.24, 2.45) is 5.10 Å². The first kappa shape index (κ1) is 22.9. The summed E-state index contributed by atoms with van der Waals surface area (Å²) in [4.78, 5) is 12.3. The molecule has 0 bridgehead atoms. The highest BCUT2D eigenvalue weighted by Crippen LogP contribution is 2.28. The SMILES string of the molecule is COc1ccc(-n2c(SCC(=O)N/N=C\c3ccc(O)cc3O)nnc2-c2ccccc2)cc1. The molecule has 0 saturated carbocycles. The zero-order valence-corrected chi connectivity index (χ0v) is 18.9. The van der Waals surface area contributed by atoms with Crippen LogP contribution in [0.4, 0.5) is 0 Å². The van der Waals surface area contributed by atoms with Crippen LogP contribution in [0.2, 0.25) is 0 Å². The average molecular weight is 476 g/mol. The predicted octanol–water partition coefficient (Wildman–Crippen LogP) is 3.60. The number of phenolic OH excluding ortho intramolecular Hbond substituents is 2. The molecule has 1 heterocycles. The van der Waals surface area contributed by atoms with E-state index in [9.17, 15) is 15.0 Å². The third kappa shape index (κ3) is 5.36. The van der Waals surface area contributed by atoms with Gasteiger partial charge in [-0.3, -0.25) is 9.36 Å². The molecular weight excluding hydrogens is 454 g/mol. The number of aromatic nitrogens is 3. The van der Waals surface area contributed by atoms with Crippen LogP contribution < -0.4 is 10.2 Å². The van der Waals surface area contributed by atoms with Crippen LogP contribution >= 0.6 is 11.8 Å². The van der Waals surface area contributed by atoms with Gasteiger partial charge in [0.15, 0.2) is 11.0 Å². The highest BCUT2D eigenvalue weighted by Gasteiger charge is 2.17. The Kier molecular flexibility index (Phi) is 7.09. The molecule has 0 aliphatic heterocycles. The summed E-state index contributed by atoms with van der Waals surface area (Å²) in [6, 6.07) is 21.2. The fraction of sp³-hybridized carbons (Fsp3) is 0.0833. The number of hydrazone groups is 1. The van der Waals surface area contributed by atoms with Crippen LogP contribution in [-0.2, 0) is 4.79 Å². The summed E-state index contributed by atoms with van der Waals surface area (Å²) in [5.41, 5.74) is 4.49. The van der Waals surface area contributed by atoms with Gasteiger partial charge >= 0.3 is 0 Å². The zero-order chi connectivity index (χ0) is 23.9. The normalized spacial score (nSPS) is 11.0. The second kappa shape index (κ2) is 10.5. The van der Waals surface area contributed by atoms with Gasteiger partial charge in [-0.15, -0.1) is 10.2 Å². The summed E-state index contributed by atoms with van der Waals surface area (Å²) in [5, 5.41) is 32.2. The van der Waals surface area contributed by atoms with Crippen molar-refractivity contribution in [3.63, 3.8) is 0 Å². The number of thioether (sulfide) groups is 1. The Labute approximate surface area is 199 Å². The molecule has 4 rings (SSSR count). The quantitative estimate of drug-likeness (QED) is 0.202. The number of nitrogens with one attached hydrogen (secondary N) is 1. The van der Waals surface area contributed by atoms with Gasteiger partial charge in [0.25, 0.3) is 5.91 Å². The Morgan fingerprint density at radius 1 is 1.09 bits per heavy atom. The second-order valence-corrected chi connectivity index (χ2v) is 7.97. The smallest absolute Gasteiger partial charge is 0.250 e. The van der Waals surface area contributed by atoms with Gasteiger partial charge in [0.1, 0.15) is 17.2 Å². The molecule has 0 aliphatic carbocycles. The van der Waals surface area contributed by atoms with E-state index >= 15 is 0 Å². The summed E-state index contributed by atoms with van der Waals surface area (Å²) in [6.45, 7) is 0. The molecule has 1 amide bonds. The third-order valence-corrected chi connectivity index (χ3v) is 5.66. The van der Waals surface area contributed by atoms with Crippen LogP contribution in [0.25, 0.3) is 17.1 Å². The van der Waals surface area contributed by atoms with Gasteiger partial charge in [-0.1, -0.05) is 42.1 Å². The first-order valence-electron chi connectivity index (χ1n) is 10.2. The molecule has 0 aliphatic rings. The minimum atomic E-state index is -0.356. The van der Waals surface area contributed by atoms with Crippen LogP contribution in [0.3, 0.4) is 0 Å². The number of ether oxygens (including phenoxy) is 1.